The van der Waals surface area contributed by atoms with E-state index in [9.17, 15) is 19.7 Å². The van der Waals surface area contributed by atoms with Gasteiger partial charge in [-0.15, -0.1) is 0 Å². The zero-order chi connectivity index (χ0) is 19.1. The van der Waals surface area contributed by atoms with E-state index in [1.807, 2.05) is 6.92 Å². The normalized spacial score (nSPS) is 10.4. The first-order valence-corrected chi connectivity index (χ1v) is 8.23. The van der Waals surface area contributed by atoms with Crippen LogP contribution < -0.4 is 5.32 Å². The molecule has 1 aromatic carbocycles. The Kier molecular flexibility index (Phi) is 6.67. The highest BCUT2D eigenvalue weighted by atomic mass is 35.5. The van der Waals surface area contributed by atoms with Crippen LogP contribution in [-0.4, -0.2) is 39.9 Å². The number of unbranched alkanes of at least 4 members (excludes halogenated alkanes) is 1. The second-order valence-electron chi connectivity index (χ2n) is 5.43. The molecule has 0 spiro atoms. The van der Waals surface area contributed by atoms with E-state index in [2.05, 4.69) is 15.0 Å². The fraction of sp³-hybridized carbons (Fsp3) is 0.312. The van der Waals surface area contributed by atoms with Gasteiger partial charge in [0, 0.05) is 24.7 Å². The maximum atomic E-state index is 12.7. The summed E-state index contributed by atoms with van der Waals surface area (Å²) in [4.78, 5) is 36.4. The fourth-order valence-corrected chi connectivity index (χ4v) is 2.45. The van der Waals surface area contributed by atoms with Gasteiger partial charge in [-0.3, -0.25) is 19.7 Å². The zero-order valence-electron chi connectivity index (χ0n) is 14.0. The number of halogens is 1. The average molecular weight is 381 g/mol. The number of carbonyl (C=O) groups is 2. The molecular formula is C16H17ClN4O5. The fourth-order valence-electron chi connectivity index (χ4n) is 2.20. The molecule has 1 aromatic heterocycles. The lowest BCUT2D eigenvalue weighted by Gasteiger charge is -2.22. The van der Waals surface area contributed by atoms with E-state index in [4.69, 9.17) is 11.6 Å². The van der Waals surface area contributed by atoms with Gasteiger partial charge in [-0.05, 0) is 12.5 Å². The Morgan fingerprint density at radius 2 is 2.15 bits per heavy atom. The molecule has 0 aliphatic heterocycles. The quantitative estimate of drug-likeness (QED) is 0.555. The molecular weight excluding hydrogens is 364 g/mol. The van der Waals surface area contributed by atoms with Crippen LogP contribution >= 0.6 is 11.6 Å². The molecule has 0 atom stereocenters. The zero-order valence-corrected chi connectivity index (χ0v) is 14.7. The summed E-state index contributed by atoms with van der Waals surface area (Å²) in [6, 6.07) is 5.08. The summed E-state index contributed by atoms with van der Waals surface area (Å²) in [6.07, 6.45) is 2.82. The van der Waals surface area contributed by atoms with Crippen LogP contribution in [-0.2, 0) is 4.79 Å². The Labute approximate surface area is 154 Å². The van der Waals surface area contributed by atoms with Crippen LogP contribution in [0.3, 0.4) is 0 Å². The van der Waals surface area contributed by atoms with E-state index in [-0.39, 0.29) is 28.6 Å². The van der Waals surface area contributed by atoms with Crippen molar-refractivity contribution in [3.63, 3.8) is 0 Å². The Hall–Kier alpha value is -2.94. The Balaban J connectivity index is 2.15. The van der Waals surface area contributed by atoms with Crippen molar-refractivity contribution in [1.82, 2.24) is 10.1 Å². The van der Waals surface area contributed by atoms with Gasteiger partial charge >= 0.3 is 0 Å². The predicted molar refractivity (Wildman–Crippen MR) is 94.1 cm³/mol. The molecule has 0 radical (unpaired) electrons. The highest BCUT2D eigenvalue weighted by Gasteiger charge is 2.22. The number of aromatic nitrogens is 1. The Morgan fingerprint density at radius 3 is 2.73 bits per heavy atom. The first kappa shape index (κ1) is 19.4. The number of carbonyl (C=O) groups excluding carboxylic acids is 2. The van der Waals surface area contributed by atoms with Crippen molar-refractivity contribution < 1.29 is 19.0 Å². The minimum absolute atomic E-state index is 0.0393. The molecule has 0 saturated carbocycles. The SMILES string of the molecule is CCCCN(CC(=O)Nc1ccon1)C(=O)c1ccc([N+](=O)[O-])cc1Cl. The van der Waals surface area contributed by atoms with E-state index >= 15 is 0 Å². The van der Waals surface area contributed by atoms with Gasteiger partial charge in [0.15, 0.2) is 5.82 Å². The number of nitrogens with one attached hydrogen (secondary N) is 1. The number of anilines is 1. The highest BCUT2D eigenvalue weighted by molar-refractivity contribution is 6.34. The molecule has 1 N–H and O–H groups in total. The molecule has 138 valence electrons. The van der Waals surface area contributed by atoms with Gasteiger partial charge in [-0.25, -0.2) is 0 Å². The van der Waals surface area contributed by atoms with Gasteiger partial charge in [0.1, 0.15) is 12.8 Å². The number of hydrogen-bond acceptors (Lipinski definition) is 6. The molecule has 0 aliphatic rings. The topological polar surface area (TPSA) is 119 Å². The van der Waals surface area contributed by atoms with Crippen molar-refractivity contribution in [3.8, 4) is 0 Å². The summed E-state index contributed by atoms with van der Waals surface area (Å²) in [5.41, 5.74) is -0.113. The third-order valence-corrected chi connectivity index (χ3v) is 3.82. The molecule has 2 aromatic rings. The van der Waals surface area contributed by atoms with E-state index in [0.29, 0.717) is 13.0 Å². The number of rotatable bonds is 8. The number of hydrogen-bond donors (Lipinski definition) is 1. The van der Waals surface area contributed by atoms with E-state index in [1.54, 1.807) is 0 Å². The summed E-state index contributed by atoms with van der Waals surface area (Å²) >= 11 is 6.02. The summed E-state index contributed by atoms with van der Waals surface area (Å²) in [5, 5.41) is 16.8. The summed E-state index contributed by atoms with van der Waals surface area (Å²) in [7, 11) is 0. The molecule has 0 bridgehead atoms. The van der Waals surface area contributed by atoms with Crippen molar-refractivity contribution in [2.45, 2.75) is 19.8 Å². The Bertz CT molecular complexity index is 794. The lowest BCUT2D eigenvalue weighted by molar-refractivity contribution is -0.384. The van der Waals surface area contributed by atoms with E-state index in [1.165, 1.54) is 29.4 Å². The molecule has 0 aliphatic carbocycles. The molecule has 9 nitrogen and oxygen atoms in total. The lowest BCUT2D eigenvalue weighted by atomic mass is 10.1. The third kappa shape index (κ3) is 5.03. The summed E-state index contributed by atoms with van der Waals surface area (Å²) in [5.74, 6) is -0.679. The monoisotopic (exact) mass is 380 g/mol. The molecule has 2 amide bonds. The first-order chi connectivity index (χ1) is 12.4. The van der Waals surface area contributed by atoms with Crippen LogP contribution in [0.2, 0.25) is 5.02 Å². The lowest BCUT2D eigenvalue weighted by Crippen LogP contribution is -2.38. The van der Waals surface area contributed by atoms with E-state index < -0.39 is 16.7 Å². The van der Waals surface area contributed by atoms with Gasteiger partial charge in [-0.1, -0.05) is 30.1 Å². The first-order valence-electron chi connectivity index (χ1n) is 7.85. The van der Waals surface area contributed by atoms with Crippen LogP contribution in [0, 0.1) is 10.1 Å². The standard InChI is InChI=1S/C16H17ClN4O5/c1-2-3-7-20(10-15(22)18-14-6-8-26-19-14)16(23)12-5-4-11(21(24)25)9-13(12)17/h4-6,8-9H,2-3,7,10H2,1H3,(H,18,19,22). The van der Waals surface area contributed by atoms with Crippen molar-refractivity contribution in [2.75, 3.05) is 18.4 Å². The smallest absolute Gasteiger partial charge is 0.270 e. The maximum Gasteiger partial charge on any atom is 0.270 e. The molecule has 26 heavy (non-hydrogen) atoms. The molecule has 0 saturated heterocycles. The average Bonchev–Trinajstić information content (AvgIpc) is 3.10. The van der Waals surface area contributed by atoms with Crippen molar-refractivity contribution in [2.24, 2.45) is 0 Å². The second-order valence-corrected chi connectivity index (χ2v) is 5.84. The summed E-state index contributed by atoms with van der Waals surface area (Å²) in [6.45, 7) is 2.09. The highest BCUT2D eigenvalue weighted by Crippen LogP contribution is 2.24. The van der Waals surface area contributed by atoms with Crippen LogP contribution in [0.5, 0.6) is 0 Å². The van der Waals surface area contributed by atoms with Gasteiger partial charge in [0.2, 0.25) is 5.91 Å². The van der Waals surface area contributed by atoms with Crippen LogP contribution in [0.4, 0.5) is 11.5 Å². The molecule has 1 heterocycles. The number of nitrogens with zero attached hydrogens (tertiary/aromatic N) is 3. The minimum atomic E-state index is -0.597. The number of non-ortho nitro benzene ring substituents is 1. The van der Waals surface area contributed by atoms with E-state index in [0.717, 1.165) is 12.5 Å². The maximum absolute atomic E-state index is 12.7. The largest absolute Gasteiger partial charge is 0.363 e. The molecule has 10 heteroatoms. The Morgan fingerprint density at radius 1 is 1.38 bits per heavy atom. The number of benzene rings is 1. The van der Waals surface area contributed by atoms with Crippen molar-refractivity contribution in [3.05, 3.63) is 51.2 Å². The van der Waals surface area contributed by atoms with Crippen LogP contribution in [0.1, 0.15) is 30.1 Å². The number of amides is 2. The molecule has 0 unspecified atom stereocenters. The van der Waals surface area contributed by atoms with Crippen LogP contribution in [0.25, 0.3) is 0 Å². The second kappa shape index (κ2) is 8.95. The number of nitro benzene ring substituents is 1. The van der Waals surface area contributed by atoms with Gasteiger partial charge in [-0.2, -0.15) is 0 Å². The molecule has 2 rings (SSSR count). The third-order valence-electron chi connectivity index (χ3n) is 3.50. The van der Waals surface area contributed by atoms with Gasteiger partial charge in [0.05, 0.1) is 15.5 Å². The van der Waals surface area contributed by atoms with Gasteiger partial charge < -0.3 is 14.7 Å². The predicted octanol–water partition coefficient (Wildman–Crippen LogP) is 3.12. The minimum Gasteiger partial charge on any atom is -0.363 e. The van der Waals surface area contributed by atoms with Crippen molar-refractivity contribution in [1.29, 1.82) is 0 Å². The van der Waals surface area contributed by atoms with Crippen molar-refractivity contribution >= 4 is 34.9 Å². The molecule has 0 fully saturated rings. The van der Waals surface area contributed by atoms with Crippen LogP contribution in [0.15, 0.2) is 35.1 Å². The number of nitro groups is 1. The van der Waals surface area contributed by atoms with Gasteiger partial charge in [0.25, 0.3) is 11.6 Å². The summed E-state index contributed by atoms with van der Waals surface area (Å²) < 4.78 is 4.63.